The fourth-order valence-corrected chi connectivity index (χ4v) is 2.95. The third-order valence-electron chi connectivity index (χ3n) is 4.16. The minimum Gasteiger partial charge on any atom is -0.497 e. The van der Waals surface area contributed by atoms with Crippen LogP contribution in [0.2, 0.25) is 0 Å². The Bertz CT molecular complexity index is 1120. The SMILES string of the molecule is COc1cccc(-c2ccccc2-c2ccnc3cc(C(=O)O)nn23)c1. The molecule has 2 aromatic carbocycles. The number of carbonyl (C=O) groups is 1. The van der Waals surface area contributed by atoms with Crippen LogP contribution in [0.15, 0.2) is 66.9 Å². The van der Waals surface area contributed by atoms with Gasteiger partial charge in [0, 0.05) is 17.8 Å². The number of nitrogens with zero attached hydrogens (tertiary/aromatic N) is 3. The summed E-state index contributed by atoms with van der Waals surface area (Å²) in [5.74, 6) is -0.313. The molecule has 0 bridgehead atoms. The summed E-state index contributed by atoms with van der Waals surface area (Å²) in [7, 11) is 1.63. The van der Waals surface area contributed by atoms with Gasteiger partial charge in [-0.1, -0.05) is 36.4 Å². The molecule has 6 nitrogen and oxygen atoms in total. The zero-order valence-corrected chi connectivity index (χ0v) is 14.0. The quantitative estimate of drug-likeness (QED) is 0.609. The van der Waals surface area contributed by atoms with Crippen LogP contribution < -0.4 is 4.74 Å². The van der Waals surface area contributed by atoms with Crippen LogP contribution >= 0.6 is 0 Å². The summed E-state index contributed by atoms with van der Waals surface area (Å²) in [6.07, 6.45) is 1.65. The van der Waals surface area contributed by atoms with Gasteiger partial charge in [0.15, 0.2) is 11.3 Å². The van der Waals surface area contributed by atoms with Gasteiger partial charge in [-0.3, -0.25) is 0 Å². The fraction of sp³-hybridized carbons (Fsp3) is 0.0500. The van der Waals surface area contributed by atoms with Gasteiger partial charge >= 0.3 is 5.97 Å². The lowest BCUT2D eigenvalue weighted by Crippen LogP contribution is -2.00. The Hall–Kier alpha value is -3.67. The maximum absolute atomic E-state index is 11.3. The number of carboxylic acid groups (broad SMARTS) is 1. The first kappa shape index (κ1) is 15.8. The molecule has 128 valence electrons. The highest BCUT2D eigenvalue weighted by molar-refractivity contribution is 5.87. The molecule has 0 aliphatic carbocycles. The molecule has 6 heteroatoms. The summed E-state index contributed by atoms with van der Waals surface area (Å²) in [6, 6.07) is 19.0. The zero-order chi connectivity index (χ0) is 18.1. The Labute approximate surface area is 149 Å². The molecule has 0 aliphatic rings. The zero-order valence-electron chi connectivity index (χ0n) is 14.0. The van der Waals surface area contributed by atoms with Crippen LogP contribution in [-0.2, 0) is 0 Å². The number of benzene rings is 2. The number of carboxylic acids is 1. The van der Waals surface area contributed by atoms with Crippen molar-refractivity contribution >= 4 is 11.6 Å². The summed E-state index contributed by atoms with van der Waals surface area (Å²) < 4.78 is 6.89. The van der Waals surface area contributed by atoms with Crippen LogP contribution in [0.3, 0.4) is 0 Å². The second-order valence-electron chi connectivity index (χ2n) is 5.71. The van der Waals surface area contributed by atoms with Crippen LogP contribution in [0.25, 0.3) is 28.0 Å². The lowest BCUT2D eigenvalue weighted by Gasteiger charge is -2.12. The van der Waals surface area contributed by atoms with Gasteiger partial charge in [0.05, 0.1) is 12.8 Å². The van der Waals surface area contributed by atoms with Crippen LogP contribution in [0, 0.1) is 0 Å². The Morgan fingerprint density at radius 1 is 1.04 bits per heavy atom. The maximum atomic E-state index is 11.3. The normalized spacial score (nSPS) is 10.8. The van der Waals surface area contributed by atoms with Crippen LogP contribution in [0.5, 0.6) is 5.75 Å². The Morgan fingerprint density at radius 2 is 1.85 bits per heavy atom. The van der Waals surface area contributed by atoms with Crippen molar-refractivity contribution in [3.05, 3.63) is 72.6 Å². The molecule has 26 heavy (non-hydrogen) atoms. The van der Waals surface area contributed by atoms with E-state index in [9.17, 15) is 9.90 Å². The van der Waals surface area contributed by atoms with Gasteiger partial charge in [0.25, 0.3) is 0 Å². The summed E-state index contributed by atoms with van der Waals surface area (Å²) in [5, 5.41) is 13.4. The number of ether oxygens (including phenoxy) is 1. The molecule has 0 atom stereocenters. The Balaban J connectivity index is 1.95. The lowest BCUT2D eigenvalue weighted by atomic mass is 9.97. The minimum absolute atomic E-state index is 0.0381. The standard InChI is InChI=1S/C20H15N3O3/c1-26-14-6-4-5-13(11-14)15-7-2-3-8-16(15)18-9-10-21-19-12-17(20(24)25)22-23(18)19/h2-12H,1H3,(H,24,25). The molecule has 0 spiro atoms. The predicted molar refractivity (Wildman–Crippen MR) is 97.4 cm³/mol. The number of rotatable bonds is 4. The van der Waals surface area contributed by atoms with E-state index in [0.29, 0.717) is 5.65 Å². The van der Waals surface area contributed by atoms with Crippen LogP contribution in [0.4, 0.5) is 0 Å². The van der Waals surface area contributed by atoms with Gasteiger partial charge < -0.3 is 9.84 Å². The smallest absolute Gasteiger partial charge is 0.356 e. The number of methoxy groups -OCH3 is 1. The first-order valence-electron chi connectivity index (χ1n) is 7.99. The molecule has 4 rings (SSSR count). The minimum atomic E-state index is -1.08. The molecule has 0 amide bonds. The Morgan fingerprint density at radius 3 is 2.62 bits per heavy atom. The van der Waals surface area contributed by atoms with Crippen LogP contribution in [-0.4, -0.2) is 32.8 Å². The highest BCUT2D eigenvalue weighted by Gasteiger charge is 2.15. The molecule has 2 heterocycles. The van der Waals surface area contributed by atoms with Gasteiger partial charge in [-0.05, 0) is 29.3 Å². The van der Waals surface area contributed by atoms with Gasteiger partial charge in [0.2, 0.25) is 0 Å². The van der Waals surface area contributed by atoms with E-state index in [4.69, 9.17) is 4.74 Å². The molecule has 0 unspecified atom stereocenters. The third-order valence-corrected chi connectivity index (χ3v) is 4.16. The molecular weight excluding hydrogens is 330 g/mol. The number of fused-ring (bicyclic) bond motifs is 1. The molecule has 4 aromatic rings. The van der Waals surface area contributed by atoms with Crippen molar-refractivity contribution in [2.75, 3.05) is 7.11 Å². The third kappa shape index (κ3) is 2.67. The second-order valence-corrected chi connectivity index (χ2v) is 5.71. The van der Waals surface area contributed by atoms with E-state index < -0.39 is 5.97 Å². The number of aromatic carboxylic acids is 1. The molecule has 1 N–H and O–H groups in total. The molecule has 2 aromatic heterocycles. The van der Waals surface area contributed by atoms with Crippen LogP contribution in [0.1, 0.15) is 10.5 Å². The van der Waals surface area contributed by atoms with E-state index in [1.165, 1.54) is 6.07 Å². The van der Waals surface area contributed by atoms with Crippen molar-refractivity contribution < 1.29 is 14.6 Å². The Kier molecular flexibility index (Phi) is 3.85. The van der Waals surface area contributed by atoms with E-state index in [-0.39, 0.29) is 5.69 Å². The summed E-state index contributed by atoms with van der Waals surface area (Å²) in [4.78, 5) is 15.5. The topological polar surface area (TPSA) is 76.7 Å². The van der Waals surface area contributed by atoms with Gasteiger partial charge in [-0.2, -0.15) is 5.10 Å². The maximum Gasteiger partial charge on any atom is 0.356 e. The first-order valence-corrected chi connectivity index (χ1v) is 7.99. The first-order chi connectivity index (χ1) is 12.7. The van der Waals surface area contributed by atoms with Gasteiger partial charge in [-0.15, -0.1) is 0 Å². The van der Waals surface area contributed by atoms with E-state index >= 15 is 0 Å². The summed E-state index contributed by atoms with van der Waals surface area (Å²) >= 11 is 0. The highest BCUT2D eigenvalue weighted by atomic mass is 16.5. The van der Waals surface area contributed by atoms with Crippen molar-refractivity contribution in [1.82, 2.24) is 14.6 Å². The molecule has 0 fully saturated rings. The summed E-state index contributed by atoms with van der Waals surface area (Å²) in [5.41, 5.74) is 4.13. The fourth-order valence-electron chi connectivity index (χ4n) is 2.95. The van der Waals surface area contributed by atoms with E-state index in [1.807, 2.05) is 54.6 Å². The second kappa shape index (κ2) is 6.33. The largest absolute Gasteiger partial charge is 0.497 e. The van der Waals surface area contributed by atoms with Crippen molar-refractivity contribution in [1.29, 1.82) is 0 Å². The molecule has 0 aliphatic heterocycles. The van der Waals surface area contributed by atoms with E-state index in [1.54, 1.807) is 17.8 Å². The number of aromatic nitrogens is 3. The van der Waals surface area contributed by atoms with Gasteiger partial charge in [0.1, 0.15) is 5.75 Å². The number of hydrogen-bond acceptors (Lipinski definition) is 4. The van der Waals surface area contributed by atoms with E-state index in [2.05, 4.69) is 10.1 Å². The van der Waals surface area contributed by atoms with Gasteiger partial charge in [-0.25, -0.2) is 14.3 Å². The molecule has 0 saturated heterocycles. The average molecular weight is 345 g/mol. The van der Waals surface area contributed by atoms with Crippen molar-refractivity contribution in [3.63, 3.8) is 0 Å². The van der Waals surface area contributed by atoms with Crippen molar-refractivity contribution in [2.24, 2.45) is 0 Å². The highest BCUT2D eigenvalue weighted by Crippen LogP contribution is 2.33. The van der Waals surface area contributed by atoms with Crippen molar-refractivity contribution in [2.45, 2.75) is 0 Å². The number of hydrogen-bond donors (Lipinski definition) is 1. The molecule has 0 saturated carbocycles. The lowest BCUT2D eigenvalue weighted by molar-refractivity contribution is 0.0690. The summed E-state index contributed by atoms with van der Waals surface area (Å²) in [6.45, 7) is 0. The molecule has 0 radical (unpaired) electrons. The van der Waals surface area contributed by atoms with Crippen molar-refractivity contribution in [3.8, 4) is 28.1 Å². The molecular formula is C20H15N3O3. The van der Waals surface area contributed by atoms with E-state index in [0.717, 1.165) is 28.1 Å². The monoisotopic (exact) mass is 345 g/mol. The average Bonchev–Trinajstić information content (AvgIpc) is 3.13. The predicted octanol–water partition coefficient (Wildman–Crippen LogP) is 3.77.